The lowest BCUT2D eigenvalue weighted by Gasteiger charge is -2.39. The van der Waals surface area contributed by atoms with Crippen LogP contribution in [-0.4, -0.2) is 34.3 Å². The highest BCUT2D eigenvalue weighted by atomic mass is 16.6. The Hall–Kier alpha value is -2.25. The van der Waals surface area contributed by atoms with Crippen molar-refractivity contribution in [3.63, 3.8) is 0 Å². The van der Waals surface area contributed by atoms with Crippen LogP contribution in [0.1, 0.15) is 19.8 Å². The van der Waals surface area contributed by atoms with Crippen molar-refractivity contribution < 1.29 is 9.53 Å². The quantitative estimate of drug-likeness (QED) is 0.776. The zero-order valence-corrected chi connectivity index (χ0v) is 11.6. The van der Waals surface area contributed by atoms with Gasteiger partial charge in [0.2, 0.25) is 5.95 Å². The number of amides is 1. The second kappa shape index (κ2) is 5.03. The molecule has 1 fully saturated rings. The van der Waals surface area contributed by atoms with Gasteiger partial charge in [-0.1, -0.05) is 0 Å². The minimum absolute atomic E-state index is 0.199. The highest BCUT2D eigenvalue weighted by Gasteiger charge is 2.34. The number of aromatic nitrogens is 2. The molecule has 110 valence electrons. The molecule has 0 spiro atoms. The van der Waals surface area contributed by atoms with E-state index < -0.39 is 11.7 Å². The third-order valence-electron chi connectivity index (χ3n) is 3.58. The Morgan fingerprint density at radius 2 is 2.05 bits per heavy atom. The van der Waals surface area contributed by atoms with Crippen LogP contribution in [0.15, 0.2) is 10.9 Å². The molecule has 0 bridgehead atoms. The molecule has 20 heavy (non-hydrogen) atoms. The zero-order valence-electron chi connectivity index (χ0n) is 11.6. The maximum absolute atomic E-state index is 11.7. The lowest BCUT2D eigenvalue weighted by Crippen LogP contribution is -2.47. The van der Waals surface area contributed by atoms with E-state index in [0.29, 0.717) is 31.9 Å². The van der Waals surface area contributed by atoms with Crippen LogP contribution >= 0.6 is 0 Å². The van der Waals surface area contributed by atoms with E-state index in [4.69, 9.17) is 16.2 Å². The number of nitrogens with zero attached hydrogens (tertiary/aromatic N) is 3. The minimum atomic E-state index is -0.768. The summed E-state index contributed by atoms with van der Waals surface area (Å²) in [6.07, 6.45) is 0.455. The molecule has 0 radical (unpaired) electrons. The van der Waals surface area contributed by atoms with Gasteiger partial charge in [-0.15, -0.1) is 0 Å². The van der Waals surface area contributed by atoms with E-state index >= 15 is 0 Å². The summed E-state index contributed by atoms with van der Waals surface area (Å²) in [5.41, 5.74) is 9.92. The molecular weight excluding hydrogens is 262 g/mol. The van der Waals surface area contributed by atoms with Gasteiger partial charge in [0.25, 0.3) is 5.56 Å². The van der Waals surface area contributed by atoms with Gasteiger partial charge in [-0.05, 0) is 6.92 Å². The molecule has 1 aromatic rings. The molecule has 0 unspecified atom stereocenters. The van der Waals surface area contributed by atoms with Gasteiger partial charge in [-0.3, -0.25) is 9.36 Å². The average Bonchev–Trinajstić information content (AvgIpc) is 2.33. The van der Waals surface area contributed by atoms with Gasteiger partial charge in [-0.2, -0.15) is 4.98 Å². The van der Waals surface area contributed by atoms with Crippen molar-refractivity contribution in [2.24, 2.45) is 12.8 Å². The molecule has 8 heteroatoms. The number of carbonyl (C=O) groups excluding carboxylic acids is 1. The Kier molecular flexibility index (Phi) is 3.56. The summed E-state index contributed by atoms with van der Waals surface area (Å²) in [6, 6.07) is 1.29. The summed E-state index contributed by atoms with van der Waals surface area (Å²) in [6.45, 7) is 3.06. The first-order valence-electron chi connectivity index (χ1n) is 6.38. The van der Waals surface area contributed by atoms with Gasteiger partial charge in [0.05, 0.1) is 0 Å². The second-order valence-corrected chi connectivity index (χ2v) is 5.24. The largest absolute Gasteiger partial charge is 0.443 e. The molecule has 1 aromatic heterocycles. The zero-order chi connectivity index (χ0) is 14.9. The normalized spacial score (nSPS) is 17.8. The summed E-state index contributed by atoms with van der Waals surface area (Å²) < 4.78 is 6.59. The van der Waals surface area contributed by atoms with Gasteiger partial charge in [0.15, 0.2) is 0 Å². The van der Waals surface area contributed by atoms with E-state index in [1.807, 2.05) is 11.8 Å². The van der Waals surface area contributed by atoms with Gasteiger partial charge >= 0.3 is 6.09 Å². The number of hydrogen-bond acceptors (Lipinski definition) is 6. The van der Waals surface area contributed by atoms with Crippen molar-refractivity contribution in [3.8, 4) is 0 Å². The summed E-state index contributed by atoms with van der Waals surface area (Å²) in [4.78, 5) is 28.7. The number of carbonyl (C=O) groups is 1. The van der Waals surface area contributed by atoms with Gasteiger partial charge in [0, 0.05) is 39.0 Å². The Balaban J connectivity index is 2.15. The number of piperidine rings is 1. The highest BCUT2D eigenvalue weighted by molar-refractivity contribution is 5.65. The van der Waals surface area contributed by atoms with Crippen LogP contribution in [0, 0.1) is 0 Å². The van der Waals surface area contributed by atoms with Crippen molar-refractivity contribution >= 4 is 17.9 Å². The summed E-state index contributed by atoms with van der Waals surface area (Å²) in [5.74, 6) is 0.723. The number of nitrogen functional groups attached to an aromatic ring is 1. The van der Waals surface area contributed by atoms with Gasteiger partial charge < -0.3 is 21.1 Å². The van der Waals surface area contributed by atoms with Gasteiger partial charge in [-0.25, -0.2) is 4.79 Å². The SMILES string of the molecule is Cn1c(N2CCC(C)(OC(N)=O)CC2)nc(N)cc1=O. The molecular formula is C12H19N5O3. The van der Waals surface area contributed by atoms with Crippen molar-refractivity contribution in [2.75, 3.05) is 23.7 Å². The fourth-order valence-corrected chi connectivity index (χ4v) is 2.35. The fraction of sp³-hybridized carbons (Fsp3) is 0.583. The third kappa shape index (κ3) is 2.84. The maximum Gasteiger partial charge on any atom is 0.405 e. The first-order valence-corrected chi connectivity index (χ1v) is 6.38. The van der Waals surface area contributed by atoms with Crippen LogP contribution in [0.3, 0.4) is 0 Å². The Bertz CT molecular complexity index is 575. The standard InChI is InChI=1S/C12H19N5O3/c1-12(20-10(14)19)3-5-17(6-4-12)11-15-8(13)7-9(18)16(11)2/h7H,3-6,13H2,1-2H3,(H2,14,19). The van der Waals surface area contributed by atoms with Crippen molar-refractivity contribution in [3.05, 3.63) is 16.4 Å². The number of rotatable bonds is 2. The fourth-order valence-electron chi connectivity index (χ4n) is 2.35. The predicted octanol–water partition coefficient (Wildman–Crippen LogP) is -0.183. The third-order valence-corrected chi connectivity index (χ3v) is 3.58. The molecule has 2 heterocycles. The molecule has 1 saturated heterocycles. The molecule has 0 aromatic carbocycles. The maximum atomic E-state index is 11.7. The second-order valence-electron chi connectivity index (χ2n) is 5.24. The smallest absolute Gasteiger partial charge is 0.405 e. The van der Waals surface area contributed by atoms with E-state index in [1.165, 1.54) is 10.6 Å². The van der Waals surface area contributed by atoms with Crippen molar-refractivity contribution in [1.82, 2.24) is 9.55 Å². The molecule has 0 atom stereocenters. The van der Waals surface area contributed by atoms with Crippen molar-refractivity contribution in [1.29, 1.82) is 0 Å². The summed E-state index contributed by atoms with van der Waals surface area (Å²) in [7, 11) is 1.65. The van der Waals surface area contributed by atoms with Crippen LogP contribution in [0.2, 0.25) is 0 Å². The Morgan fingerprint density at radius 1 is 1.45 bits per heavy atom. The molecule has 0 aliphatic carbocycles. The topological polar surface area (TPSA) is 116 Å². The number of primary amides is 1. The van der Waals surface area contributed by atoms with E-state index in [-0.39, 0.29) is 11.4 Å². The van der Waals surface area contributed by atoms with Crippen molar-refractivity contribution in [2.45, 2.75) is 25.4 Å². The molecule has 1 amide bonds. The number of anilines is 2. The summed E-state index contributed by atoms with van der Waals surface area (Å²) in [5, 5.41) is 0. The summed E-state index contributed by atoms with van der Waals surface area (Å²) >= 11 is 0. The van der Waals surface area contributed by atoms with Gasteiger partial charge in [0.1, 0.15) is 11.4 Å². The Labute approximate surface area is 116 Å². The highest BCUT2D eigenvalue weighted by Crippen LogP contribution is 2.27. The minimum Gasteiger partial charge on any atom is -0.443 e. The first-order chi connectivity index (χ1) is 9.31. The van der Waals surface area contributed by atoms with Crippen LogP contribution in [-0.2, 0) is 11.8 Å². The molecule has 8 nitrogen and oxygen atoms in total. The Morgan fingerprint density at radius 3 is 2.60 bits per heavy atom. The van der Waals surface area contributed by atoms with E-state index in [2.05, 4.69) is 4.98 Å². The number of nitrogens with two attached hydrogens (primary N) is 2. The number of ether oxygens (including phenoxy) is 1. The molecule has 0 saturated carbocycles. The molecule has 4 N–H and O–H groups in total. The average molecular weight is 281 g/mol. The first kappa shape index (κ1) is 14.2. The number of hydrogen-bond donors (Lipinski definition) is 2. The lowest BCUT2D eigenvalue weighted by molar-refractivity contribution is 0.0124. The molecule has 1 aliphatic rings. The van der Waals surface area contributed by atoms with E-state index in [9.17, 15) is 9.59 Å². The van der Waals surface area contributed by atoms with Crippen LogP contribution in [0.25, 0.3) is 0 Å². The van der Waals surface area contributed by atoms with E-state index in [1.54, 1.807) is 7.05 Å². The lowest BCUT2D eigenvalue weighted by atomic mass is 9.93. The molecule has 2 rings (SSSR count). The van der Waals surface area contributed by atoms with Crippen LogP contribution in [0.4, 0.5) is 16.6 Å². The van der Waals surface area contributed by atoms with E-state index in [0.717, 1.165) is 0 Å². The van der Waals surface area contributed by atoms with Crippen LogP contribution in [0.5, 0.6) is 0 Å². The predicted molar refractivity (Wildman–Crippen MR) is 74.4 cm³/mol. The van der Waals surface area contributed by atoms with Crippen LogP contribution < -0.4 is 21.9 Å². The monoisotopic (exact) mass is 281 g/mol. The molecule has 1 aliphatic heterocycles.